The smallest absolute Gasteiger partial charge is 0.306 e. The molecule has 1 heterocycles. The van der Waals surface area contributed by atoms with E-state index >= 15 is 0 Å². The summed E-state index contributed by atoms with van der Waals surface area (Å²) in [6.07, 6.45) is 8.08. The number of carbonyl (C=O) groups is 1. The summed E-state index contributed by atoms with van der Waals surface area (Å²) < 4.78 is 5.46. The van der Waals surface area contributed by atoms with Crippen LogP contribution < -0.4 is 0 Å². The Hall–Kier alpha value is -0.870. The zero-order chi connectivity index (χ0) is 11.4. The normalized spacial score (nSPS) is 31.5. The molecule has 1 aliphatic carbocycles. The second-order valence-corrected chi connectivity index (χ2v) is 4.51. The number of allylic oxidation sites excluding steroid dienone is 1. The van der Waals surface area contributed by atoms with E-state index in [1.54, 1.807) is 0 Å². The minimum atomic E-state index is -0.772. The Morgan fingerprint density at radius 1 is 1.56 bits per heavy atom. The zero-order valence-corrected chi connectivity index (χ0v) is 9.47. The van der Waals surface area contributed by atoms with Crippen molar-refractivity contribution in [1.29, 1.82) is 0 Å². The zero-order valence-electron chi connectivity index (χ0n) is 9.47. The lowest BCUT2D eigenvalue weighted by atomic mass is 10.0. The number of ether oxygens (including phenoxy) is 1. The van der Waals surface area contributed by atoms with E-state index in [9.17, 15) is 4.79 Å². The fraction of sp³-hybridized carbons (Fsp3) is 0.750. The van der Waals surface area contributed by atoms with Crippen LogP contribution in [0.1, 0.15) is 25.7 Å². The molecule has 16 heavy (non-hydrogen) atoms. The highest BCUT2D eigenvalue weighted by Crippen LogP contribution is 2.19. The molecule has 1 N–H and O–H groups in total. The molecule has 1 fully saturated rings. The van der Waals surface area contributed by atoms with Crippen LogP contribution in [0.2, 0.25) is 0 Å². The highest BCUT2D eigenvalue weighted by molar-refractivity contribution is 5.67. The van der Waals surface area contributed by atoms with Crippen LogP contribution in [0.25, 0.3) is 0 Å². The van der Waals surface area contributed by atoms with E-state index < -0.39 is 5.97 Å². The number of hydrogen-bond acceptors (Lipinski definition) is 3. The first-order chi connectivity index (χ1) is 7.75. The third kappa shape index (κ3) is 3.06. The molecule has 1 saturated heterocycles. The Balaban J connectivity index is 1.88. The number of carboxylic acid groups (broad SMARTS) is 1. The monoisotopic (exact) mass is 225 g/mol. The summed E-state index contributed by atoms with van der Waals surface area (Å²) in [5.74, 6) is -0.772. The molecule has 0 aromatic heterocycles. The Morgan fingerprint density at radius 3 is 3.12 bits per heavy atom. The predicted molar refractivity (Wildman–Crippen MR) is 60.3 cm³/mol. The molecule has 0 aromatic rings. The van der Waals surface area contributed by atoms with Crippen LogP contribution in [-0.4, -0.2) is 47.8 Å². The molecular formula is C12H19NO3. The van der Waals surface area contributed by atoms with Gasteiger partial charge in [0, 0.05) is 19.1 Å². The van der Waals surface area contributed by atoms with E-state index in [1.165, 1.54) is 19.3 Å². The van der Waals surface area contributed by atoms with Gasteiger partial charge < -0.3 is 9.84 Å². The topological polar surface area (TPSA) is 49.8 Å². The van der Waals surface area contributed by atoms with E-state index in [0.717, 1.165) is 13.1 Å². The Bertz CT molecular complexity index is 277. The van der Waals surface area contributed by atoms with Gasteiger partial charge in [-0.3, -0.25) is 9.69 Å². The molecule has 2 rings (SSSR count). The first-order valence-electron chi connectivity index (χ1n) is 6.00. The number of carboxylic acids is 1. The fourth-order valence-corrected chi connectivity index (χ4v) is 2.46. The van der Waals surface area contributed by atoms with Gasteiger partial charge in [0.15, 0.2) is 0 Å². The van der Waals surface area contributed by atoms with Gasteiger partial charge >= 0.3 is 5.97 Å². The lowest BCUT2D eigenvalue weighted by Gasteiger charge is -2.37. The van der Waals surface area contributed by atoms with Crippen LogP contribution in [0.4, 0.5) is 0 Å². The number of aliphatic carboxylic acids is 1. The molecule has 1 aliphatic heterocycles. The van der Waals surface area contributed by atoms with Crippen molar-refractivity contribution < 1.29 is 14.6 Å². The Morgan fingerprint density at radius 2 is 2.44 bits per heavy atom. The van der Waals surface area contributed by atoms with Gasteiger partial charge in [-0.25, -0.2) is 0 Å². The van der Waals surface area contributed by atoms with E-state index in [2.05, 4.69) is 17.1 Å². The highest BCUT2D eigenvalue weighted by atomic mass is 16.5. The fourth-order valence-electron chi connectivity index (χ4n) is 2.46. The van der Waals surface area contributed by atoms with E-state index in [4.69, 9.17) is 9.84 Å². The molecule has 0 amide bonds. The van der Waals surface area contributed by atoms with Crippen LogP contribution in [-0.2, 0) is 9.53 Å². The van der Waals surface area contributed by atoms with Crippen molar-refractivity contribution in [1.82, 2.24) is 4.90 Å². The Labute approximate surface area is 95.9 Å². The molecule has 2 unspecified atom stereocenters. The van der Waals surface area contributed by atoms with Gasteiger partial charge in [0.05, 0.1) is 19.1 Å². The van der Waals surface area contributed by atoms with Crippen LogP contribution >= 0.6 is 0 Å². The van der Waals surface area contributed by atoms with Gasteiger partial charge in [-0.1, -0.05) is 12.2 Å². The average Bonchev–Trinajstić information content (AvgIpc) is 2.30. The van der Waals surface area contributed by atoms with Gasteiger partial charge in [0.1, 0.15) is 0 Å². The molecule has 4 nitrogen and oxygen atoms in total. The maximum Gasteiger partial charge on any atom is 0.306 e. The van der Waals surface area contributed by atoms with Crippen molar-refractivity contribution >= 4 is 5.97 Å². The molecule has 2 aliphatic rings. The second-order valence-electron chi connectivity index (χ2n) is 4.51. The first-order valence-corrected chi connectivity index (χ1v) is 6.00. The maximum atomic E-state index is 10.6. The summed E-state index contributed by atoms with van der Waals surface area (Å²) in [5.41, 5.74) is 0. The molecule has 0 aromatic carbocycles. The average molecular weight is 225 g/mol. The van der Waals surface area contributed by atoms with Crippen LogP contribution in [0.5, 0.6) is 0 Å². The van der Waals surface area contributed by atoms with E-state index in [1.807, 2.05) is 0 Å². The summed E-state index contributed by atoms with van der Waals surface area (Å²) in [6.45, 7) is 2.33. The summed E-state index contributed by atoms with van der Waals surface area (Å²) >= 11 is 0. The second kappa shape index (κ2) is 5.46. The van der Waals surface area contributed by atoms with Crippen LogP contribution in [0.3, 0.4) is 0 Å². The lowest BCUT2D eigenvalue weighted by Crippen LogP contribution is -2.48. The highest BCUT2D eigenvalue weighted by Gasteiger charge is 2.26. The summed E-state index contributed by atoms with van der Waals surface area (Å²) in [6, 6.07) is 0.494. The van der Waals surface area contributed by atoms with Crippen molar-refractivity contribution in [3.8, 4) is 0 Å². The van der Waals surface area contributed by atoms with Gasteiger partial charge in [-0.2, -0.15) is 0 Å². The van der Waals surface area contributed by atoms with Gasteiger partial charge in [-0.15, -0.1) is 0 Å². The molecule has 0 spiro atoms. The van der Waals surface area contributed by atoms with Crippen molar-refractivity contribution in [2.45, 2.75) is 37.8 Å². The standard InChI is InChI=1S/C12H19NO3/c14-12(15)8-11-9-13(6-7-16-11)10-4-2-1-3-5-10/h2,4,10-11H,1,3,5-9H2,(H,14,15). The molecular weight excluding hydrogens is 206 g/mol. The van der Waals surface area contributed by atoms with Crippen LogP contribution in [0.15, 0.2) is 12.2 Å². The third-order valence-electron chi connectivity index (χ3n) is 3.27. The van der Waals surface area contributed by atoms with Crippen LogP contribution in [0, 0.1) is 0 Å². The minimum Gasteiger partial charge on any atom is -0.481 e. The largest absolute Gasteiger partial charge is 0.481 e. The molecule has 0 radical (unpaired) electrons. The number of morpholine rings is 1. The SMILES string of the molecule is O=C(O)CC1CN(C2C=CCCC2)CCO1. The molecule has 2 atom stereocenters. The van der Waals surface area contributed by atoms with E-state index in [-0.39, 0.29) is 12.5 Å². The van der Waals surface area contributed by atoms with Crippen molar-refractivity contribution in [2.24, 2.45) is 0 Å². The summed E-state index contributed by atoms with van der Waals surface area (Å²) in [5, 5.41) is 8.75. The van der Waals surface area contributed by atoms with Crippen molar-refractivity contribution in [3.05, 3.63) is 12.2 Å². The Kier molecular flexibility index (Phi) is 3.96. The minimum absolute atomic E-state index is 0.118. The maximum absolute atomic E-state index is 10.6. The predicted octanol–water partition coefficient (Wildman–Crippen LogP) is 1.27. The van der Waals surface area contributed by atoms with Gasteiger partial charge in [0.25, 0.3) is 0 Å². The van der Waals surface area contributed by atoms with Crippen molar-refractivity contribution in [2.75, 3.05) is 19.7 Å². The number of nitrogens with zero attached hydrogens (tertiary/aromatic N) is 1. The van der Waals surface area contributed by atoms with Gasteiger partial charge in [-0.05, 0) is 19.3 Å². The quantitative estimate of drug-likeness (QED) is 0.735. The summed E-state index contributed by atoms with van der Waals surface area (Å²) in [4.78, 5) is 13.0. The molecule has 0 bridgehead atoms. The lowest BCUT2D eigenvalue weighted by molar-refractivity contribution is -0.142. The molecule has 0 saturated carbocycles. The number of hydrogen-bond donors (Lipinski definition) is 1. The molecule has 90 valence electrons. The van der Waals surface area contributed by atoms with Crippen molar-refractivity contribution in [3.63, 3.8) is 0 Å². The number of rotatable bonds is 3. The third-order valence-corrected chi connectivity index (χ3v) is 3.27. The van der Waals surface area contributed by atoms with Gasteiger partial charge in [0.2, 0.25) is 0 Å². The molecule has 4 heteroatoms. The first kappa shape index (κ1) is 11.6. The summed E-state index contributed by atoms with van der Waals surface area (Å²) in [7, 11) is 0. The van der Waals surface area contributed by atoms with E-state index in [0.29, 0.717) is 12.6 Å².